The molecule has 1 nitrogen and oxygen atoms in total. The van der Waals surface area contributed by atoms with Gasteiger partial charge in [0.1, 0.15) is 0 Å². The molecule has 0 radical (unpaired) electrons. The summed E-state index contributed by atoms with van der Waals surface area (Å²) in [4.78, 5) is 0. The first-order valence-corrected chi connectivity index (χ1v) is 7.40. The minimum atomic E-state index is -0.0319. The van der Waals surface area contributed by atoms with Gasteiger partial charge in [0.2, 0.25) is 0 Å². The van der Waals surface area contributed by atoms with Gasteiger partial charge in [0.15, 0.2) is 0 Å². The fourth-order valence-corrected chi connectivity index (χ4v) is 4.20. The van der Waals surface area contributed by atoms with Crippen molar-refractivity contribution in [2.45, 2.75) is 64.3 Å². The predicted octanol–water partition coefficient (Wildman–Crippen LogP) is 4.20. The van der Waals surface area contributed by atoms with Crippen molar-refractivity contribution >= 4 is 0 Å². The SMILES string of the molecule is Cc1ccc(C2(N)CC3(CCCCC3)C2)cc1C. The number of benzene rings is 1. The van der Waals surface area contributed by atoms with Crippen molar-refractivity contribution in [2.24, 2.45) is 11.1 Å². The Bertz CT molecular complexity index is 447. The van der Waals surface area contributed by atoms with E-state index in [0.717, 1.165) is 0 Å². The third-order valence-corrected chi connectivity index (χ3v) is 5.38. The van der Waals surface area contributed by atoms with Crippen LogP contribution in [0.15, 0.2) is 18.2 Å². The maximum Gasteiger partial charge on any atom is 0.0420 e. The van der Waals surface area contributed by atoms with Gasteiger partial charge in [-0.05, 0) is 61.6 Å². The average Bonchev–Trinajstić information content (AvgIpc) is 2.32. The monoisotopic (exact) mass is 243 g/mol. The lowest BCUT2D eigenvalue weighted by Crippen LogP contribution is -2.56. The molecule has 0 unspecified atom stereocenters. The van der Waals surface area contributed by atoms with Crippen molar-refractivity contribution in [1.82, 2.24) is 0 Å². The molecule has 2 aliphatic rings. The van der Waals surface area contributed by atoms with Crippen LogP contribution >= 0.6 is 0 Å². The highest BCUT2D eigenvalue weighted by Gasteiger charge is 2.52. The molecule has 0 atom stereocenters. The van der Waals surface area contributed by atoms with Crippen LogP contribution in [-0.4, -0.2) is 0 Å². The van der Waals surface area contributed by atoms with Crippen LogP contribution in [0.5, 0.6) is 0 Å². The Morgan fingerprint density at radius 2 is 1.61 bits per heavy atom. The second kappa shape index (κ2) is 4.09. The van der Waals surface area contributed by atoms with Crippen LogP contribution in [0, 0.1) is 19.3 Å². The van der Waals surface area contributed by atoms with Gasteiger partial charge in [-0.15, -0.1) is 0 Å². The summed E-state index contributed by atoms with van der Waals surface area (Å²) in [6.45, 7) is 4.36. The fourth-order valence-electron chi connectivity index (χ4n) is 4.20. The lowest BCUT2D eigenvalue weighted by Gasteiger charge is -2.57. The zero-order valence-corrected chi connectivity index (χ0v) is 11.8. The quantitative estimate of drug-likeness (QED) is 0.786. The van der Waals surface area contributed by atoms with Crippen LogP contribution in [0.4, 0.5) is 0 Å². The standard InChI is InChI=1S/C17H25N/c1-13-6-7-15(10-14(13)2)17(18)11-16(12-17)8-4-3-5-9-16/h6-7,10H,3-5,8-9,11-12,18H2,1-2H3. The van der Waals surface area contributed by atoms with Crippen LogP contribution < -0.4 is 5.73 Å². The second-order valence-electron chi connectivity index (χ2n) is 6.87. The third-order valence-electron chi connectivity index (χ3n) is 5.38. The highest BCUT2D eigenvalue weighted by atomic mass is 14.8. The maximum atomic E-state index is 6.65. The molecule has 3 rings (SSSR count). The van der Waals surface area contributed by atoms with E-state index in [1.54, 1.807) is 0 Å². The van der Waals surface area contributed by atoms with Gasteiger partial charge < -0.3 is 5.73 Å². The molecule has 0 heterocycles. The van der Waals surface area contributed by atoms with Crippen molar-refractivity contribution in [3.05, 3.63) is 34.9 Å². The number of nitrogens with two attached hydrogens (primary N) is 1. The van der Waals surface area contributed by atoms with Crippen molar-refractivity contribution in [3.63, 3.8) is 0 Å². The van der Waals surface area contributed by atoms with E-state index in [0.29, 0.717) is 5.41 Å². The lowest BCUT2D eigenvalue weighted by atomic mass is 9.51. The largest absolute Gasteiger partial charge is 0.321 e. The highest BCUT2D eigenvalue weighted by molar-refractivity contribution is 5.36. The first-order valence-electron chi connectivity index (χ1n) is 7.40. The summed E-state index contributed by atoms with van der Waals surface area (Å²) in [5.41, 5.74) is 11.3. The Morgan fingerprint density at radius 3 is 2.22 bits per heavy atom. The second-order valence-corrected chi connectivity index (χ2v) is 6.87. The van der Waals surface area contributed by atoms with Gasteiger partial charge in [0.25, 0.3) is 0 Å². The molecule has 2 saturated carbocycles. The predicted molar refractivity (Wildman–Crippen MR) is 76.5 cm³/mol. The van der Waals surface area contributed by atoms with Gasteiger partial charge in [-0.1, -0.05) is 37.5 Å². The fraction of sp³-hybridized carbons (Fsp3) is 0.647. The van der Waals surface area contributed by atoms with Gasteiger partial charge >= 0.3 is 0 Å². The zero-order chi connectivity index (χ0) is 12.8. The Kier molecular flexibility index (Phi) is 2.78. The number of hydrogen-bond acceptors (Lipinski definition) is 1. The molecule has 98 valence electrons. The summed E-state index contributed by atoms with van der Waals surface area (Å²) in [5, 5.41) is 0. The molecule has 1 aromatic rings. The smallest absolute Gasteiger partial charge is 0.0420 e. The van der Waals surface area contributed by atoms with E-state index in [1.807, 2.05) is 0 Å². The molecule has 0 amide bonds. The molecule has 0 saturated heterocycles. The molecule has 1 aromatic carbocycles. The zero-order valence-electron chi connectivity index (χ0n) is 11.8. The van der Waals surface area contributed by atoms with Crippen molar-refractivity contribution < 1.29 is 0 Å². The van der Waals surface area contributed by atoms with Crippen molar-refractivity contribution in [1.29, 1.82) is 0 Å². The topological polar surface area (TPSA) is 26.0 Å². The van der Waals surface area contributed by atoms with Crippen molar-refractivity contribution in [2.75, 3.05) is 0 Å². The van der Waals surface area contributed by atoms with Crippen LogP contribution in [-0.2, 0) is 5.54 Å². The average molecular weight is 243 g/mol. The molecule has 18 heavy (non-hydrogen) atoms. The van der Waals surface area contributed by atoms with Gasteiger partial charge in [-0.25, -0.2) is 0 Å². The van der Waals surface area contributed by atoms with Crippen LogP contribution in [0.1, 0.15) is 61.6 Å². The molecular formula is C17H25N. The molecule has 1 spiro atoms. The summed E-state index contributed by atoms with van der Waals surface area (Å²) in [5.74, 6) is 0. The minimum absolute atomic E-state index is 0.0319. The van der Waals surface area contributed by atoms with E-state index in [9.17, 15) is 0 Å². The normalized spacial score (nSPS) is 24.8. The highest BCUT2D eigenvalue weighted by Crippen LogP contribution is 2.59. The van der Waals surface area contributed by atoms with E-state index in [-0.39, 0.29) is 5.54 Å². The van der Waals surface area contributed by atoms with Crippen LogP contribution in [0.3, 0.4) is 0 Å². The van der Waals surface area contributed by atoms with Gasteiger partial charge in [-0.2, -0.15) is 0 Å². The van der Waals surface area contributed by atoms with Gasteiger partial charge in [0.05, 0.1) is 0 Å². The van der Waals surface area contributed by atoms with E-state index in [2.05, 4.69) is 32.0 Å². The molecule has 0 bridgehead atoms. The first kappa shape index (κ1) is 12.2. The van der Waals surface area contributed by atoms with Crippen LogP contribution in [0.2, 0.25) is 0 Å². The van der Waals surface area contributed by atoms with Gasteiger partial charge in [0, 0.05) is 5.54 Å². The molecular weight excluding hydrogens is 218 g/mol. The van der Waals surface area contributed by atoms with E-state index in [1.165, 1.54) is 61.6 Å². The molecule has 0 aliphatic heterocycles. The Balaban J connectivity index is 1.79. The molecule has 2 N–H and O–H groups in total. The van der Waals surface area contributed by atoms with E-state index in [4.69, 9.17) is 5.73 Å². The van der Waals surface area contributed by atoms with E-state index >= 15 is 0 Å². The summed E-state index contributed by atoms with van der Waals surface area (Å²) in [6.07, 6.45) is 9.52. The van der Waals surface area contributed by atoms with Gasteiger partial charge in [-0.3, -0.25) is 0 Å². The minimum Gasteiger partial charge on any atom is -0.321 e. The Labute approximate surface area is 111 Å². The number of hydrogen-bond donors (Lipinski definition) is 1. The third kappa shape index (κ3) is 1.89. The molecule has 0 aromatic heterocycles. The molecule has 1 heteroatoms. The molecule has 2 fully saturated rings. The summed E-state index contributed by atoms with van der Waals surface area (Å²) < 4.78 is 0. The number of rotatable bonds is 1. The summed E-state index contributed by atoms with van der Waals surface area (Å²) in [6, 6.07) is 6.79. The van der Waals surface area contributed by atoms with Crippen LogP contribution in [0.25, 0.3) is 0 Å². The van der Waals surface area contributed by atoms with Crippen molar-refractivity contribution in [3.8, 4) is 0 Å². The van der Waals surface area contributed by atoms with E-state index < -0.39 is 0 Å². The Morgan fingerprint density at radius 1 is 0.944 bits per heavy atom. The summed E-state index contributed by atoms with van der Waals surface area (Å²) >= 11 is 0. The lowest BCUT2D eigenvalue weighted by molar-refractivity contribution is -0.00993. The molecule has 2 aliphatic carbocycles. The Hall–Kier alpha value is -0.820. The maximum absolute atomic E-state index is 6.65. The summed E-state index contributed by atoms with van der Waals surface area (Å²) in [7, 11) is 0. The number of aryl methyl sites for hydroxylation is 2. The first-order chi connectivity index (χ1) is 8.53.